The van der Waals surface area contributed by atoms with E-state index in [-0.39, 0.29) is 6.79 Å². The third kappa shape index (κ3) is 2.92. The van der Waals surface area contributed by atoms with Gasteiger partial charge in [-0.3, -0.25) is 0 Å². The van der Waals surface area contributed by atoms with Crippen LogP contribution in [0.2, 0.25) is 5.02 Å². The highest BCUT2D eigenvalue weighted by Crippen LogP contribution is 2.40. The first-order chi connectivity index (χ1) is 10.2. The van der Waals surface area contributed by atoms with Gasteiger partial charge >= 0.3 is 0 Å². The zero-order valence-electron chi connectivity index (χ0n) is 10.8. The van der Waals surface area contributed by atoms with Gasteiger partial charge in [-0.05, 0) is 51.8 Å². The standard InChI is InChI=1S/C15H10BrClN2O2/c16-11-3-9(6-18)1-2-13(11)19-7-10-4-12(17)15-14(5-10)20-8-21-15/h1-5,19H,7-8H2. The first-order valence-corrected chi connectivity index (χ1v) is 7.36. The van der Waals surface area contributed by atoms with E-state index in [9.17, 15) is 0 Å². The fourth-order valence-electron chi connectivity index (χ4n) is 2.05. The number of ether oxygens (including phenoxy) is 2. The van der Waals surface area contributed by atoms with E-state index in [4.69, 9.17) is 26.3 Å². The minimum atomic E-state index is 0.201. The van der Waals surface area contributed by atoms with E-state index in [0.717, 1.165) is 15.7 Å². The van der Waals surface area contributed by atoms with Crippen LogP contribution < -0.4 is 14.8 Å². The van der Waals surface area contributed by atoms with Gasteiger partial charge in [-0.15, -0.1) is 0 Å². The molecule has 0 spiro atoms. The van der Waals surface area contributed by atoms with Crippen LogP contribution in [0, 0.1) is 11.3 Å². The minimum Gasteiger partial charge on any atom is -0.454 e. The van der Waals surface area contributed by atoms with E-state index >= 15 is 0 Å². The molecule has 0 aromatic heterocycles. The molecule has 0 fully saturated rings. The number of nitrogens with zero attached hydrogens (tertiary/aromatic N) is 1. The predicted octanol–water partition coefficient (Wildman–Crippen LogP) is 4.31. The van der Waals surface area contributed by atoms with Crippen molar-refractivity contribution in [1.29, 1.82) is 5.26 Å². The summed E-state index contributed by atoms with van der Waals surface area (Å²) in [5.41, 5.74) is 2.50. The summed E-state index contributed by atoms with van der Waals surface area (Å²) in [5.74, 6) is 1.26. The van der Waals surface area contributed by atoms with Crippen LogP contribution >= 0.6 is 27.5 Å². The second-order valence-corrected chi connectivity index (χ2v) is 5.73. The Hall–Kier alpha value is -1.90. The average Bonchev–Trinajstić information content (AvgIpc) is 2.95. The molecule has 1 N–H and O–H groups in total. The van der Waals surface area contributed by atoms with E-state index < -0.39 is 0 Å². The number of anilines is 1. The van der Waals surface area contributed by atoms with E-state index in [1.165, 1.54) is 0 Å². The molecule has 0 saturated carbocycles. The number of nitriles is 1. The van der Waals surface area contributed by atoms with Crippen LogP contribution in [-0.4, -0.2) is 6.79 Å². The van der Waals surface area contributed by atoms with Gasteiger partial charge in [-0.2, -0.15) is 5.26 Å². The van der Waals surface area contributed by atoms with Crippen molar-refractivity contribution < 1.29 is 9.47 Å². The van der Waals surface area contributed by atoms with Crippen LogP contribution in [0.3, 0.4) is 0 Å². The molecule has 1 aliphatic heterocycles. The van der Waals surface area contributed by atoms with Crippen molar-refractivity contribution >= 4 is 33.2 Å². The smallest absolute Gasteiger partial charge is 0.231 e. The van der Waals surface area contributed by atoms with Gasteiger partial charge in [0.2, 0.25) is 6.79 Å². The molecule has 0 amide bonds. The summed E-state index contributed by atoms with van der Waals surface area (Å²) in [6.45, 7) is 0.786. The average molecular weight is 366 g/mol. The Morgan fingerprint density at radius 2 is 2.14 bits per heavy atom. The minimum absolute atomic E-state index is 0.201. The number of halogens is 2. The molecule has 0 atom stereocenters. The highest BCUT2D eigenvalue weighted by molar-refractivity contribution is 9.10. The number of hydrogen-bond acceptors (Lipinski definition) is 4. The second kappa shape index (κ2) is 5.84. The Morgan fingerprint density at radius 3 is 2.90 bits per heavy atom. The largest absolute Gasteiger partial charge is 0.454 e. The quantitative estimate of drug-likeness (QED) is 0.880. The third-order valence-corrected chi connectivity index (χ3v) is 4.00. The molecule has 4 nitrogen and oxygen atoms in total. The van der Waals surface area contributed by atoms with Gasteiger partial charge in [0.25, 0.3) is 0 Å². The fourth-order valence-corrected chi connectivity index (χ4v) is 2.85. The topological polar surface area (TPSA) is 54.3 Å². The molecule has 1 heterocycles. The second-order valence-electron chi connectivity index (χ2n) is 4.47. The Labute approximate surface area is 135 Å². The molecule has 6 heteroatoms. The lowest BCUT2D eigenvalue weighted by atomic mass is 10.2. The molecule has 2 aromatic rings. The van der Waals surface area contributed by atoms with E-state index in [1.54, 1.807) is 12.1 Å². The lowest BCUT2D eigenvalue weighted by Gasteiger charge is -2.10. The molecule has 21 heavy (non-hydrogen) atoms. The van der Waals surface area contributed by atoms with Crippen molar-refractivity contribution in [3.8, 4) is 17.6 Å². The maximum absolute atomic E-state index is 8.85. The van der Waals surface area contributed by atoms with Gasteiger partial charge in [-0.1, -0.05) is 11.6 Å². The first kappa shape index (κ1) is 14.1. The first-order valence-electron chi connectivity index (χ1n) is 6.19. The number of benzene rings is 2. The van der Waals surface area contributed by atoms with Crippen molar-refractivity contribution in [1.82, 2.24) is 0 Å². The van der Waals surface area contributed by atoms with Gasteiger partial charge in [-0.25, -0.2) is 0 Å². The van der Waals surface area contributed by atoms with Crippen LogP contribution in [0.4, 0.5) is 5.69 Å². The van der Waals surface area contributed by atoms with E-state index in [0.29, 0.717) is 28.6 Å². The van der Waals surface area contributed by atoms with Crippen LogP contribution in [0.15, 0.2) is 34.8 Å². The highest BCUT2D eigenvalue weighted by atomic mass is 79.9. The van der Waals surface area contributed by atoms with Gasteiger partial charge in [0.05, 0.1) is 16.7 Å². The van der Waals surface area contributed by atoms with Crippen molar-refractivity contribution in [2.45, 2.75) is 6.54 Å². The summed E-state index contributed by atoms with van der Waals surface area (Å²) in [7, 11) is 0. The van der Waals surface area contributed by atoms with Crippen LogP contribution in [0.25, 0.3) is 0 Å². The van der Waals surface area contributed by atoms with Gasteiger partial charge in [0.15, 0.2) is 11.5 Å². The number of fused-ring (bicyclic) bond motifs is 1. The summed E-state index contributed by atoms with van der Waals surface area (Å²) in [6, 6.07) is 11.2. The number of rotatable bonds is 3. The lowest BCUT2D eigenvalue weighted by Crippen LogP contribution is -2.00. The summed E-state index contributed by atoms with van der Waals surface area (Å²) >= 11 is 9.59. The summed E-state index contributed by atoms with van der Waals surface area (Å²) in [6.07, 6.45) is 0. The predicted molar refractivity (Wildman–Crippen MR) is 83.8 cm³/mol. The van der Waals surface area contributed by atoms with E-state index in [1.807, 2.05) is 18.2 Å². The molecule has 3 rings (SSSR count). The molecule has 0 radical (unpaired) electrons. The lowest BCUT2D eigenvalue weighted by molar-refractivity contribution is 0.174. The van der Waals surface area contributed by atoms with Crippen molar-refractivity contribution in [2.24, 2.45) is 0 Å². The SMILES string of the molecule is N#Cc1ccc(NCc2cc(Cl)c3c(c2)OCO3)c(Br)c1. The number of nitrogens with one attached hydrogen (secondary N) is 1. The van der Waals surface area contributed by atoms with Gasteiger partial charge in [0, 0.05) is 16.7 Å². The normalized spacial score (nSPS) is 12.0. The number of hydrogen-bond donors (Lipinski definition) is 1. The summed E-state index contributed by atoms with van der Waals surface area (Å²) in [4.78, 5) is 0. The van der Waals surface area contributed by atoms with Crippen molar-refractivity contribution in [3.05, 3.63) is 51.0 Å². The van der Waals surface area contributed by atoms with Crippen LogP contribution in [-0.2, 0) is 6.54 Å². The van der Waals surface area contributed by atoms with Crippen LogP contribution in [0.5, 0.6) is 11.5 Å². The van der Waals surface area contributed by atoms with Crippen molar-refractivity contribution in [2.75, 3.05) is 12.1 Å². The maximum atomic E-state index is 8.85. The Morgan fingerprint density at radius 1 is 1.29 bits per heavy atom. The Bertz CT molecular complexity index is 743. The van der Waals surface area contributed by atoms with Gasteiger partial charge < -0.3 is 14.8 Å². The zero-order chi connectivity index (χ0) is 14.8. The monoisotopic (exact) mass is 364 g/mol. The van der Waals surface area contributed by atoms with Crippen LogP contribution in [0.1, 0.15) is 11.1 Å². The van der Waals surface area contributed by atoms with E-state index in [2.05, 4.69) is 27.3 Å². The molecule has 1 aliphatic rings. The van der Waals surface area contributed by atoms with Gasteiger partial charge in [0.1, 0.15) is 0 Å². The van der Waals surface area contributed by atoms with Crippen molar-refractivity contribution in [3.63, 3.8) is 0 Å². The molecule has 0 saturated heterocycles. The molecule has 2 aromatic carbocycles. The zero-order valence-corrected chi connectivity index (χ0v) is 13.2. The molecule has 0 unspecified atom stereocenters. The molecule has 106 valence electrons. The molecule has 0 aliphatic carbocycles. The highest BCUT2D eigenvalue weighted by Gasteiger charge is 2.18. The third-order valence-electron chi connectivity index (χ3n) is 3.07. The molecular weight excluding hydrogens is 356 g/mol. The fraction of sp³-hybridized carbons (Fsp3) is 0.133. The molecule has 0 bridgehead atoms. The Kier molecular flexibility index (Phi) is 3.91. The Balaban J connectivity index is 1.77. The molecular formula is C15H10BrClN2O2. The summed E-state index contributed by atoms with van der Waals surface area (Å²) < 4.78 is 11.5. The summed E-state index contributed by atoms with van der Waals surface area (Å²) in [5, 5.41) is 12.7. The maximum Gasteiger partial charge on any atom is 0.231 e.